The van der Waals surface area contributed by atoms with Gasteiger partial charge in [0.25, 0.3) is 0 Å². The number of aryl methyl sites for hydroxylation is 1. The predicted octanol–water partition coefficient (Wildman–Crippen LogP) is 13.5. The summed E-state index contributed by atoms with van der Waals surface area (Å²) >= 11 is 8.78. The molecular formula is C35H21F4NS6. The molecule has 1 aromatic carbocycles. The molecule has 2 aliphatic carbocycles. The molecule has 0 saturated heterocycles. The van der Waals surface area contributed by atoms with Gasteiger partial charge in [-0.3, -0.25) is 0 Å². The lowest BCUT2D eigenvalue weighted by molar-refractivity contribution is 0.0444. The van der Waals surface area contributed by atoms with E-state index in [1.165, 1.54) is 50.2 Å². The number of alkyl halides is 4. The van der Waals surface area contributed by atoms with Crippen molar-refractivity contribution in [3.8, 4) is 59.9 Å². The Labute approximate surface area is 285 Å². The van der Waals surface area contributed by atoms with E-state index in [1.807, 2.05) is 36.4 Å². The molecule has 0 amide bonds. The van der Waals surface area contributed by atoms with Crippen LogP contribution >= 0.6 is 68.0 Å². The van der Waals surface area contributed by atoms with Crippen molar-refractivity contribution in [3.63, 3.8) is 0 Å². The number of anilines is 1. The highest BCUT2D eigenvalue weighted by Gasteiger charge is 2.55. The van der Waals surface area contributed by atoms with Crippen LogP contribution in [0.2, 0.25) is 0 Å². The summed E-state index contributed by atoms with van der Waals surface area (Å²) < 4.78 is 65.9. The number of halogens is 4. The molecule has 0 radical (unpaired) electrons. The fraction of sp³-hybridized carbons (Fsp3) is 0.143. The SMILES string of the molecule is Cc1ccc(-c2ccc(-c3cc4c(s3)-c3c(C)c5c(c(C)c3C4(F)F)-c3sc(-c4ccc(-c6ccc(N)s6)s4)cc3C5(F)F)s2)s1. The van der Waals surface area contributed by atoms with Gasteiger partial charge in [0, 0.05) is 87.0 Å². The van der Waals surface area contributed by atoms with Gasteiger partial charge >= 0.3 is 11.8 Å². The van der Waals surface area contributed by atoms with Crippen LogP contribution in [-0.4, -0.2) is 0 Å². The maximum absolute atomic E-state index is 16.5. The highest BCUT2D eigenvalue weighted by Crippen LogP contribution is 2.65. The second-order valence-corrected chi connectivity index (χ2v) is 18.2. The third kappa shape index (κ3) is 3.93. The zero-order chi connectivity index (χ0) is 31.9. The summed E-state index contributed by atoms with van der Waals surface area (Å²) in [5, 5.41) is 0.710. The summed E-state index contributed by atoms with van der Waals surface area (Å²) in [5.74, 6) is -6.59. The molecule has 0 atom stereocenters. The van der Waals surface area contributed by atoms with Crippen LogP contribution in [0.4, 0.5) is 22.6 Å². The number of rotatable bonds is 4. The summed E-state index contributed by atoms with van der Waals surface area (Å²) in [6, 6.07) is 18.9. The van der Waals surface area contributed by atoms with E-state index in [0.29, 0.717) is 19.6 Å². The minimum Gasteiger partial charge on any atom is -0.391 e. The van der Waals surface area contributed by atoms with Crippen LogP contribution in [0.25, 0.3) is 59.9 Å². The second kappa shape index (κ2) is 9.74. The summed E-state index contributed by atoms with van der Waals surface area (Å²) in [6.45, 7) is 5.23. The molecule has 0 unspecified atom stereocenters. The van der Waals surface area contributed by atoms with Gasteiger partial charge in [-0.05, 0) is 92.6 Å². The average Bonchev–Trinajstić information content (AvgIpc) is 3.84. The fourth-order valence-corrected chi connectivity index (χ4v) is 13.3. The van der Waals surface area contributed by atoms with E-state index in [1.54, 1.807) is 48.7 Å². The molecule has 1 nitrogen and oxygen atoms in total. The summed E-state index contributed by atoms with van der Waals surface area (Å²) in [4.78, 5) is 9.43. The predicted molar refractivity (Wildman–Crippen MR) is 191 cm³/mol. The minimum atomic E-state index is -3.30. The van der Waals surface area contributed by atoms with Gasteiger partial charge in [0.05, 0.1) is 5.00 Å². The van der Waals surface area contributed by atoms with Gasteiger partial charge in [0.15, 0.2) is 0 Å². The fourth-order valence-electron chi connectivity index (χ4n) is 6.74. The van der Waals surface area contributed by atoms with Crippen molar-refractivity contribution in [2.24, 2.45) is 0 Å². The van der Waals surface area contributed by atoms with Crippen molar-refractivity contribution >= 4 is 73.0 Å². The number of benzene rings is 1. The van der Waals surface area contributed by atoms with Crippen molar-refractivity contribution in [1.29, 1.82) is 0 Å². The van der Waals surface area contributed by atoms with Gasteiger partial charge in [0.2, 0.25) is 0 Å². The average molecular weight is 724 g/mol. The van der Waals surface area contributed by atoms with Crippen molar-refractivity contribution in [1.82, 2.24) is 0 Å². The molecule has 7 aromatic rings. The van der Waals surface area contributed by atoms with Gasteiger partial charge in [-0.2, -0.15) is 17.6 Å². The maximum atomic E-state index is 16.5. The molecule has 230 valence electrons. The van der Waals surface area contributed by atoms with E-state index < -0.39 is 11.8 Å². The monoisotopic (exact) mass is 723 g/mol. The molecule has 6 heterocycles. The van der Waals surface area contributed by atoms with E-state index in [4.69, 9.17) is 5.73 Å². The number of fused-ring (bicyclic) bond motifs is 6. The first-order valence-corrected chi connectivity index (χ1v) is 19.2. The van der Waals surface area contributed by atoms with Crippen molar-refractivity contribution in [2.45, 2.75) is 32.6 Å². The second-order valence-electron chi connectivity index (χ2n) is 11.5. The highest BCUT2D eigenvalue weighted by atomic mass is 32.1. The largest absolute Gasteiger partial charge is 0.391 e. The van der Waals surface area contributed by atoms with Crippen LogP contribution in [0.1, 0.15) is 38.3 Å². The van der Waals surface area contributed by atoms with Crippen LogP contribution in [0.3, 0.4) is 0 Å². The lowest BCUT2D eigenvalue weighted by atomic mass is 9.88. The van der Waals surface area contributed by atoms with Gasteiger partial charge in [-0.1, -0.05) is 0 Å². The number of nitrogens with two attached hydrogens (primary N) is 1. The Balaban J connectivity index is 1.16. The van der Waals surface area contributed by atoms with E-state index in [9.17, 15) is 0 Å². The van der Waals surface area contributed by atoms with Gasteiger partial charge in [-0.15, -0.1) is 68.0 Å². The van der Waals surface area contributed by atoms with Crippen molar-refractivity contribution in [2.75, 3.05) is 5.73 Å². The van der Waals surface area contributed by atoms with Crippen LogP contribution in [0.5, 0.6) is 0 Å². The zero-order valence-corrected chi connectivity index (χ0v) is 29.2. The Kier molecular flexibility index (Phi) is 6.17. The first kappa shape index (κ1) is 29.1. The number of hydrogen-bond donors (Lipinski definition) is 1. The van der Waals surface area contributed by atoms with Gasteiger partial charge in [-0.25, -0.2) is 0 Å². The van der Waals surface area contributed by atoms with Gasteiger partial charge < -0.3 is 5.73 Å². The lowest BCUT2D eigenvalue weighted by Gasteiger charge is -2.22. The van der Waals surface area contributed by atoms with Crippen LogP contribution < -0.4 is 5.73 Å². The molecule has 11 heteroatoms. The number of nitrogen functional groups attached to an aromatic ring is 1. The third-order valence-electron chi connectivity index (χ3n) is 8.77. The Hall–Kier alpha value is -3.06. The van der Waals surface area contributed by atoms with Crippen molar-refractivity contribution < 1.29 is 17.6 Å². The molecule has 0 saturated carbocycles. The maximum Gasteiger partial charge on any atom is 0.300 e. The first-order valence-electron chi connectivity index (χ1n) is 14.3. The van der Waals surface area contributed by atoms with Crippen molar-refractivity contribution in [3.05, 3.63) is 98.9 Å². The topological polar surface area (TPSA) is 26.0 Å². The molecule has 0 fully saturated rings. The Morgan fingerprint density at radius 3 is 1.28 bits per heavy atom. The quantitative estimate of drug-likeness (QED) is 0.180. The molecule has 0 bridgehead atoms. The summed E-state index contributed by atoms with van der Waals surface area (Å²) in [6.07, 6.45) is 0. The van der Waals surface area contributed by atoms with Crippen LogP contribution in [0.15, 0.2) is 60.7 Å². The van der Waals surface area contributed by atoms with Crippen LogP contribution in [0, 0.1) is 20.8 Å². The number of thiophene rings is 6. The highest BCUT2D eigenvalue weighted by molar-refractivity contribution is 7.28. The smallest absolute Gasteiger partial charge is 0.300 e. The van der Waals surface area contributed by atoms with E-state index in [-0.39, 0.29) is 44.5 Å². The number of hydrogen-bond acceptors (Lipinski definition) is 7. The van der Waals surface area contributed by atoms with E-state index >= 15 is 17.6 Å². The standard InChI is InChI=1S/C35H21F4NS6/c1-14-4-5-19(41-14)20-6-8-23(42-20)25-12-17-32(45-25)28-15(2)31-29(16(3)30(28)34(17,36)37)33-18(35(31,38)39)13-26(46-33)24-9-7-21(43-24)22-10-11-27(40)44-22/h4-13H,40H2,1-3H3. The molecule has 9 rings (SSSR count). The molecule has 46 heavy (non-hydrogen) atoms. The first-order chi connectivity index (χ1) is 21.9. The summed E-state index contributed by atoms with van der Waals surface area (Å²) in [5.41, 5.74) is 6.47. The normalized spacial score (nSPS) is 15.3. The zero-order valence-electron chi connectivity index (χ0n) is 24.3. The lowest BCUT2D eigenvalue weighted by Crippen LogP contribution is -2.16. The molecular weight excluding hydrogens is 703 g/mol. The minimum absolute atomic E-state index is 0.0879. The van der Waals surface area contributed by atoms with E-state index in [2.05, 4.69) is 19.1 Å². The molecule has 2 aliphatic rings. The van der Waals surface area contributed by atoms with E-state index in [0.717, 1.165) is 34.1 Å². The van der Waals surface area contributed by atoms with Crippen LogP contribution in [-0.2, 0) is 11.8 Å². The summed E-state index contributed by atoms with van der Waals surface area (Å²) in [7, 11) is 0. The molecule has 6 aromatic heterocycles. The third-order valence-corrected chi connectivity index (χ3v) is 15.9. The molecule has 0 aliphatic heterocycles. The Bertz CT molecular complexity index is 2220. The molecule has 0 spiro atoms. The Morgan fingerprint density at radius 2 is 0.870 bits per heavy atom. The molecule has 2 N–H and O–H groups in total. The van der Waals surface area contributed by atoms with Gasteiger partial charge in [0.1, 0.15) is 0 Å². The Morgan fingerprint density at radius 1 is 0.478 bits per heavy atom.